The smallest absolute Gasteiger partial charge is 0.408 e. The van der Waals surface area contributed by atoms with Crippen LogP contribution in [0.1, 0.15) is 34.6 Å². The molecule has 0 fully saturated rings. The highest BCUT2D eigenvalue weighted by Gasteiger charge is 2.33. The lowest BCUT2D eigenvalue weighted by molar-refractivity contribution is -0.116. The standard InChI is InChI=1S/C10H19NO3/c1-9(2,3)6-11(8(13)14)10(4,5)7-12/h7H,6H2,1-5H3,(H,13,14). The molecule has 0 aliphatic rings. The molecule has 0 saturated carbocycles. The second-order valence-corrected chi connectivity index (χ2v) is 5.20. The zero-order valence-electron chi connectivity index (χ0n) is 9.50. The summed E-state index contributed by atoms with van der Waals surface area (Å²) in [5.41, 5.74) is -1.11. The number of hydrogen-bond donors (Lipinski definition) is 1. The second kappa shape index (κ2) is 3.98. The number of amides is 1. The number of rotatable bonds is 3. The topological polar surface area (TPSA) is 57.6 Å². The zero-order valence-corrected chi connectivity index (χ0v) is 9.50. The molecule has 14 heavy (non-hydrogen) atoms. The van der Waals surface area contributed by atoms with Gasteiger partial charge in [0.2, 0.25) is 0 Å². The maximum absolute atomic E-state index is 10.9. The van der Waals surface area contributed by atoms with E-state index in [1.54, 1.807) is 13.8 Å². The fraction of sp³-hybridized carbons (Fsp3) is 0.800. The quantitative estimate of drug-likeness (QED) is 0.710. The molecule has 0 atom stereocenters. The predicted molar refractivity (Wildman–Crippen MR) is 54.3 cm³/mol. The van der Waals surface area contributed by atoms with E-state index in [1.807, 2.05) is 20.8 Å². The van der Waals surface area contributed by atoms with Crippen LogP contribution < -0.4 is 0 Å². The Kier molecular flexibility index (Phi) is 3.68. The Labute approximate surface area is 84.9 Å². The van der Waals surface area contributed by atoms with Crippen molar-refractivity contribution in [3.63, 3.8) is 0 Å². The van der Waals surface area contributed by atoms with Gasteiger partial charge in [0.05, 0.1) is 5.54 Å². The lowest BCUT2D eigenvalue weighted by Crippen LogP contribution is -2.51. The van der Waals surface area contributed by atoms with Gasteiger partial charge in [-0.15, -0.1) is 0 Å². The normalized spacial score (nSPS) is 12.4. The summed E-state index contributed by atoms with van der Waals surface area (Å²) in [6.07, 6.45) is -0.399. The molecule has 0 spiro atoms. The van der Waals surface area contributed by atoms with E-state index in [4.69, 9.17) is 5.11 Å². The van der Waals surface area contributed by atoms with E-state index in [2.05, 4.69) is 0 Å². The van der Waals surface area contributed by atoms with Crippen LogP contribution in [0.4, 0.5) is 4.79 Å². The molecule has 0 aliphatic carbocycles. The average molecular weight is 201 g/mol. The lowest BCUT2D eigenvalue weighted by atomic mass is 9.93. The third-order valence-corrected chi connectivity index (χ3v) is 1.85. The van der Waals surface area contributed by atoms with Crippen LogP contribution in [0.2, 0.25) is 0 Å². The molecule has 0 aromatic rings. The Bertz CT molecular complexity index is 228. The van der Waals surface area contributed by atoms with E-state index < -0.39 is 11.6 Å². The Hall–Kier alpha value is -1.06. The van der Waals surface area contributed by atoms with Crippen molar-refractivity contribution in [3.8, 4) is 0 Å². The fourth-order valence-corrected chi connectivity index (χ4v) is 1.06. The highest BCUT2D eigenvalue weighted by molar-refractivity contribution is 5.74. The maximum Gasteiger partial charge on any atom is 0.408 e. The van der Waals surface area contributed by atoms with Gasteiger partial charge in [0.1, 0.15) is 6.29 Å². The first-order chi connectivity index (χ1) is 6.10. The van der Waals surface area contributed by atoms with Crippen molar-refractivity contribution in [2.24, 2.45) is 5.41 Å². The van der Waals surface area contributed by atoms with Crippen molar-refractivity contribution in [1.29, 1.82) is 0 Å². The lowest BCUT2D eigenvalue weighted by Gasteiger charge is -2.36. The number of nitrogens with zero attached hydrogens (tertiary/aromatic N) is 1. The van der Waals surface area contributed by atoms with Gasteiger partial charge in [0.25, 0.3) is 0 Å². The van der Waals surface area contributed by atoms with Crippen LogP contribution in [-0.2, 0) is 4.79 Å². The van der Waals surface area contributed by atoms with E-state index in [0.29, 0.717) is 12.8 Å². The van der Waals surface area contributed by atoms with Crippen molar-refractivity contribution in [1.82, 2.24) is 4.90 Å². The number of carboxylic acid groups (broad SMARTS) is 1. The molecule has 0 bridgehead atoms. The summed E-state index contributed by atoms with van der Waals surface area (Å²) in [4.78, 5) is 22.9. The molecule has 0 saturated heterocycles. The summed E-state index contributed by atoms with van der Waals surface area (Å²) in [6.45, 7) is 9.34. The van der Waals surface area contributed by atoms with Gasteiger partial charge in [-0.2, -0.15) is 0 Å². The summed E-state index contributed by atoms with van der Waals surface area (Å²) >= 11 is 0. The van der Waals surface area contributed by atoms with Crippen LogP contribution in [0.3, 0.4) is 0 Å². The molecule has 4 nitrogen and oxygen atoms in total. The summed E-state index contributed by atoms with van der Waals surface area (Å²) in [5.74, 6) is 0. The number of aldehydes is 1. The molecule has 0 unspecified atom stereocenters. The molecule has 0 aromatic carbocycles. The molecule has 0 heterocycles. The first-order valence-corrected chi connectivity index (χ1v) is 4.57. The van der Waals surface area contributed by atoms with Crippen molar-refractivity contribution in [2.75, 3.05) is 6.54 Å². The molecule has 0 aromatic heterocycles. The fourth-order valence-electron chi connectivity index (χ4n) is 1.06. The van der Waals surface area contributed by atoms with E-state index in [1.165, 1.54) is 4.90 Å². The Morgan fingerprint density at radius 3 is 1.93 bits per heavy atom. The van der Waals surface area contributed by atoms with E-state index >= 15 is 0 Å². The number of carbonyl (C=O) groups excluding carboxylic acids is 1. The molecule has 1 amide bonds. The molecule has 1 N–H and O–H groups in total. The Morgan fingerprint density at radius 1 is 1.29 bits per heavy atom. The molecule has 0 radical (unpaired) electrons. The van der Waals surface area contributed by atoms with Gasteiger partial charge in [-0.1, -0.05) is 20.8 Å². The number of hydrogen-bond acceptors (Lipinski definition) is 2. The van der Waals surface area contributed by atoms with Gasteiger partial charge in [0, 0.05) is 6.54 Å². The van der Waals surface area contributed by atoms with Crippen molar-refractivity contribution < 1.29 is 14.7 Å². The van der Waals surface area contributed by atoms with Crippen LogP contribution in [0.25, 0.3) is 0 Å². The van der Waals surface area contributed by atoms with Crippen LogP contribution in [0, 0.1) is 5.41 Å². The molecule has 4 heteroatoms. The Balaban J connectivity index is 4.79. The van der Waals surface area contributed by atoms with Gasteiger partial charge in [0.15, 0.2) is 0 Å². The molecular weight excluding hydrogens is 182 g/mol. The maximum atomic E-state index is 10.9. The van der Waals surface area contributed by atoms with E-state index in [-0.39, 0.29) is 5.41 Å². The van der Waals surface area contributed by atoms with Crippen LogP contribution in [0.15, 0.2) is 0 Å². The monoisotopic (exact) mass is 201 g/mol. The van der Waals surface area contributed by atoms with Crippen LogP contribution in [-0.4, -0.2) is 34.5 Å². The molecule has 82 valence electrons. The highest BCUT2D eigenvalue weighted by Crippen LogP contribution is 2.21. The Morgan fingerprint density at radius 2 is 1.71 bits per heavy atom. The highest BCUT2D eigenvalue weighted by atomic mass is 16.4. The minimum Gasteiger partial charge on any atom is -0.465 e. The first-order valence-electron chi connectivity index (χ1n) is 4.57. The summed E-state index contributed by atoms with van der Waals surface area (Å²) < 4.78 is 0. The SMILES string of the molecule is CC(C)(C)CN(C(=O)O)C(C)(C)C=O. The van der Waals surface area contributed by atoms with Gasteiger partial charge < -0.3 is 9.90 Å². The van der Waals surface area contributed by atoms with Gasteiger partial charge in [-0.3, -0.25) is 4.90 Å². The van der Waals surface area contributed by atoms with Crippen molar-refractivity contribution >= 4 is 12.4 Å². The summed E-state index contributed by atoms with van der Waals surface area (Å²) in [7, 11) is 0. The minimum atomic E-state index is -1.06. The molecule has 0 aliphatic heterocycles. The van der Waals surface area contributed by atoms with Crippen LogP contribution >= 0.6 is 0 Å². The second-order valence-electron chi connectivity index (χ2n) is 5.20. The van der Waals surface area contributed by atoms with E-state index in [9.17, 15) is 9.59 Å². The van der Waals surface area contributed by atoms with Crippen molar-refractivity contribution in [2.45, 2.75) is 40.2 Å². The largest absolute Gasteiger partial charge is 0.465 e. The first kappa shape index (κ1) is 12.9. The summed E-state index contributed by atoms with van der Waals surface area (Å²) in [6, 6.07) is 0. The average Bonchev–Trinajstić information content (AvgIpc) is 1.98. The predicted octanol–water partition coefficient (Wildman–Crippen LogP) is 1.99. The molecule has 0 rings (SSSR count). The van der Waals surface area contributed by atoms with Gasteiger partial charge in [-0.25, -0.2) is 4.79 Å². The summed E-state index contributed by atoms with van der Waals surface area (Å²) in [5, 5.41) is 8.97. The van der Waals surface area contributed by atoms with Crippen LogP contribution in [0.5, 0.6) is 0 Å². The third-order valence-electron chi connectivity index (χ3n) is 1.85. The minimum absolute atomic E-state index is 0.154. The number of carbonyl (C=O) groups is 2. The van der Waals surface area contributed by atoms with E-state index in [0.717, 1.165) is 0 Å². The zero-order chi connectivity index (χ0) is 11.6. The van der Waals surface area contributed by atoms with Crippen molar-refractivity contribution in [3.05, 3.63) is 0 Å². The molecular formula is C10H19NO3. The third kappa shape index (κ3) is 3.77. The van der Waals surface area contributed by atoms with Gasteiger partial charge in [-0.05, 0) is 19.3 Å². The van der Waals surface area contributed by atoms with Gasteiger partial charge >= 0.3 is 6.09 Å².